The second-order valence-corrected chi connectivity index (χ2v) is 9.32. The number of nitrogens with zero attached hydrogens (tertiary/aromatic N) is 4. The lowest BCUT2D eigenvalue weighted by Crippen LogP contribution is -2.36. The van der Waals surface area contributed by atoms with Crippen molar-refractivity contribution in [1.29, 1.82) is 0 Å². The molecule has 1 amide bonds. The molecule has 0 saturated carbocycles. The van der Waals surface area contributed by atoms with E-state index in [9.17, 15) is 9.90 Å². The fraction of sp³-hybridized carbons (Fsp3) is 0.233. The highest BCUT2D eigenvalue weighted by molar-refractivity contribution is 6.03. The van der Waals surface area contributed by atoms with E-state index < -0.39 is 0 Å². The molecule has 37 heavy (non-hydrogen) atoms. The van der Waals surface area contributed by atoms with E-state index in [0.717, 1.165) is 30.5 Å². The van der Waals surface area contributed by atoms with Gasteiger partial charge in [-0.2, -0.15) is 5.10 Å². The Hall–Kier alpha value is -4.25. The van der Waals surface area contributed by atoms with Crippen molar-refractivity contribution in [3.8, 4) is 5.69 Å². The zero-order chi connectivity index (χ0) is 25.8. The molecule has 1 aliphatic heterocycles. The van der Waals surface area contributed by atoms with Gasteiger partial charge < -0.3 is 10.4 Å². The Labute approximate surface area is 216 Å². The van der Waals surface area contributed by atoms with Gasteiger partial charge in [-0.3, -0.25) is 9.69 Å². The predicted octanol–water partition coefficient (Wildman–Crippen LogP) is 5.53. The maximum absolute atomic E-state index is 13.4. The van der Waals surface area contributed by atoms with Gasteiger partial charge in [0, 0.05) is 11.7 Å². The van der Waals surface area contributed by atoms with E-state index in [1.54, 1.807) is 28.9 Å². The van der Waals surface area contributed by atoms with Crippen LogP contribution in [0.4, 0.5) is 11.4 Å². The average Bonchev–Trinajstić information content (AvgIpc) is 3.56. The standard InChI is InChI=1S/C30H29N5O2/c1-21-17-28(35(33-21)26-14-7-12-24(19-26)31-2)30(37)32-25-13-6-11-23(18-25)29(22-9-4-3-5-10-22)34-16-8-15-27(34)20-36/h3-7,9-14,17-19,27,29,36H,8,15-16,20H2,1H3,(H,32,37). The Kier molecular flexibility index (Phi) is 7.13. The number of likely N-dealkylation sites (tertiary alicyclic amines) is 1. The minimum atomic E-state index is -0.281. The van der Waals surface area contributed by atoms with Gasteiger partial charge in [-0.1, -0.05) is 54.6 Å². The van der Waals surface area contributed by atoms with Crippen LogP contribution in [0.25, 0.3) is 10.5 Å². The zero-order valence-electron chi connectivity index (χ0n) is 20.7. The summed E-state index contributed by atoms with van der Waals surface area (Å²) in [5.41, 5.74) is 5.14. The Balaban J connectivity index is 1.46. The molecule has 2 heterocycles. The van der Waals surface area contributed by atoms with Crippen LogP contribution < -0.4 is 5.32 Å². The molecule has 2 N–H and O–H groups in total. The van der Waals surface area contributed by atoms with Gasteiger partial charge in [0.05, 0.1) is 30.6 Å². The molecule has 186 valence electrons. The van der Waals surface area contributed by atoms with Crippen molar-refractivity contribution < 1.29 is 9.90 Å². The van der Waals surface area contributed by atoms with E-state index in [1.807, 2.05) is 49.4 Å². The number of nitrogens with one attached hydrogen (secondary N) is 1. The van der Waals surface area contributed by atoms with Crippen molar-refractivity contribution in [2.75, 3.05) is 18.5 Å². The summed E-state index contributed by atoms with van der Waals surface area (Å²) in [6.45, 7) is 10.2. The maximum atomic E-state index is 13.4. The molecule has 2 unspecified atom stereocenters. The minimum absolute atomic E-state index is 0.0261. The van der Waals surface area contributed by atoms with Crippen molar-refractivity contribution in [2.24, 2.45) is 0 Å². The number of aliphatic hydroxyl groups excluding tert-OH is 1. The van der Waals surface area contributed by atoms with Gasteiger partial charge in [-0.15, -0.1) is 0 Å². The van der Waals surface area contributed by atoms with E-state index in [2.05, 4.69) is 38.4 Å². The van der Waals surface area contributed by atoms with Crippen molar-refractivity contribution in [3.05, 3.63) is 119 Å². The van der Waals surface area contributed by atoms with E-state index in [1.165, 1.54) is 0 Å². The summed E-state index contributed by atoms with van der Waals surface area (Å²) < 4.78 is 1.58. The highest BCUT2D eigenvalue weighted by Crippen LogP contribution is 2.35. The van der Waals surface area contributed by atoms with Gasteiger partial charge >= 0.3 is 0 Å². The van der Waals surface area contributed by atoms with Crippen molar-refractivity contribution in [1.82, 2.24) is 14.7 Å². The van der Waals surface area contributed by atoms with E-state index in [4.69, 9.17) is 6.57 Å². The van der Waals surface area contributed by atoms with Crippen molar-refractivity contribution in [3.63, 3.8) is 0 Å². The van der Waals surface area contributed by atoms with Crippen LogP contribution in [0.1, 0.15) is 46.2 Å². The molecular formula is C30H29N5O2. The lowest BCUT2D eigenvalue weighted by Gasteiger charge is -2.33. The minimum Gasteiger partial charge on any atom is -0.395 e. The van der Waals surface area contributed by atoms with Gasteiger partial charge in [0.25, 0.3) is 5.91 Å². The van der Waals surface area contributed by atoms with Gasteiger partial charge in [0.1, 0.15) is 5.69 Å². The molecule has 1 saturated heterocycles. The number of aromatic nitrogens is 2. The number of aliphatic hydroxyl groups is 1. The zero-order valence-corrected chi connectivity index (χ0v) is 20.7. The number of amides is 1. The fourth-order valence-electron chi connectivity index (χ4n) is 5.14. The molecule has 0 aliphatic carbocycles. The molecule has 4 aromatic rings. The third-order valence-corrected chi connectivity index (χ3v) is 6.81. The Morgan fingerprint density at radius 1 is 1.08 bits per heavy atom. The topological polar surface area (TPSA) is 74.8 Å². The van der Waals surface area contributed by atoms with Crippen LogP contribution >= 0.6 is 0 Å². The molecule has 7 nitrogen and oxygen atoms in total. The van der Waals surface area contributed by atoms with Crippen LogP contribution in [0.5, 0.6) is 0 Å². The third-order valence-electron chi connectivity index (χ3n) is 6.81. The van der Waals surface area contributed by atoms with Gasteiger partial charge in [-0.05, 0) is 67.8 Å². The molecule has 0 bridgehead atoms. The van der Waals surface area contributed by atoms with Gasteiger partial charge in [0.15, 0.2) is 5.69 Å². The quantitative estimate of drug-likeness (QED) is 0.334. The lowest BCUT2D eigenvalue weighted by molar-refractivity contribution is 0.101. The average molecular weight is 492 g/mol. The number of hydrogen-bond acceptors (Lipinski definition) is 4. The first kappa shape index (κ1) is 24.4. The van der Waals surface area contributed by atoms with Crippen LogP contribution in [-0.4, -0.2) is 44.9 Å². The Bertz CT molecular complexity index is 1440. The molecule has 2 atom stereocenters. The van der Waals surface area contributed by atoms with E-state index in [-0.39, 0.29) is 24.6 Å². The molecule has 0 spiro atoms. The lowest BCUT2D eigenvalue weighted by atomic mass is 9.96. The molecule has 3 aromatic carbocycles. The molecule has 0 radical (unpaired) electrons. The third kappa shape index (κ3) is 5.17. The molecular weight excluding hydrogens is 462 g/mol. The summed E-state index contributed by atoms with van der Waals surface area (Å²) in [4.78, 5) is 19.3. The second-order valence-electron chi connectivity index (χ2n) is 9.32. The highest BCUT2D eigenvalue weighted by Gasteiger charge is 2.32. The van der Waals surface area contributed by atoms with Gasteiger partial charge in [-0.25, -0.2) is 9.53 Å². The van der Waals surface area contributed by atoms with Crippen LogP contribution in [0.2, 0.25) is 0 Å². The van der Waals surface area contributed by atoms with Crippen molar-refractivity contribution in [2.45, 2.75) is 31.8 Å². The molecule has 5 rings (SSSR count). The normalized spacial score (nSPS) is 16.3. The highest BCUT2D eigenvalue weighted by atomic mass is 16.3. The smallest absolute Gasteiger partial charge is 0.274 e. The summed E-state index contributed by atoms with van der Waals surface area (Å²) >= 11 is 0. The molecule has 1 aromatic heterocycles. The van der Waals surface area contributed by atoms with Gasteiger partial charge in [0.2, 0.25) is 0 Å². The first-order valence-corrected chi connectivity index (χ1v) is 12.4. The first-order chi connectivity index (χ1) is 18.1. The van der Waals surface area contributed by atoms with Crippen LogP contribution in [0.15, 0.2) is 84.9 Å². The first-order valence-electron chi connectivity index (χ1n) is 12.4. The Morgan fingerprint density at radius 3 is 2.65 bits per heavy atom. The van der Waals surface area contributed by atoms with Crippen LogP contribution in [0, 0.1) is 13.5 Å². The second kappa shape index (κ2) is 10.8. The number of carbonyl (C=O) groups is 1. The van der Waals surface area contributed by atoms with Crippen molar-refractivity contribution >= 4 is 17.3 Å². The number of benzene rings is 3. The number of anilines is 1. The monoisotopic (exact) mass is 491 g/mol. The number of aryl methyl sites for hydroxylation is 1. The summed E-state index contributed by atoms with van der Waals surface area (Å²) in [5.74, 6) is -0.281. The summed E-state index contributed by atoms with van der Waals surface area (Å²) in [6, 6.07) is 27.1. The van der Waals surface area contributed by atoms with Crippen LogP contribution in [0.3, 0.4) is 0 Å². The summed E-state index contributed by atoms with van der Waals surface area (Å²) in [7, 11) is 0. The SMILES string of the molecule is [C-]#[N+]c1cccc(-n2nc(C)cc2C(=O)Nc2cccc(C(c3ccccc3)N3CCCC3CO)c2)c1. The molecule has 1 aliphatic rings. The number of rotatable bonds is 7. The van der Waals surface area contributed by atoms with Crippen LogP contribution in [-0.2, 0) is 0 Å². The largest absolute Gasteiger partial charge is 0.395 e. The Morgan fingerprint density at radius 2 is 1.86 bits per heavy atom. The molecule has 7 heteroatoms. The molecule has 1 fully saturated rings. The summed E-state index contributed by atoms with van der Waals surface area (Å²) in [6.07, 6.45) is 2.01. The fourth-order valence-corrected chi connectivity index (χ4v) is 5.14. The predicted molar refractivity (Wildman–Crippen MR) is 144 cm³/mol. The van der Waals surface area contributed by atoms with E-state index >= 15 is 0 Å². The number of carbonyl (C=O) groups excluding carboxylic acids is 1. The maximum Gasteiger partial charge on any atom is 0.274 e. The number of hydrogen-bond donors (Lipinski definition) is 2. The van der Waals surface area contributed by atoms with E-state index in [0.29, 0.717) is 28.5 Å². The summed E-state index contributed by atoms with van der Waals surface area (Å²) in [5, 5.41) is 17.6.